The van der Waals surface area contributed by atoms with E-state index in [1.54, 1.807) is 7.05 Å². The molecule has 1 aromatic rings. The fraction of sp³-hybridized carbons (Fsp3) is 0.700. The van der Waals surface area contributed by atoms with Crippen molar-refractivity contribution in [1.29, 1.82) is 0 Å². The highest BCUT2D eigenvalue weighted by molar-refractivity contribution is 5.32. The van der Waals surface area contributed by atoms with Crippen molar-refractivity contribution in [3.05, 3.63) is 6.33 Å². The number of rotatable bonds is 3. The highest BCUT2D eigenvalue weighted by atomic mass is 15.2. The summed E-state index contributed by atoms with van der Waals surface area (Å²) in [6, 6.07) is 0.533. The molecule has 0 amide bonds. The maximum absolute atomic E-state index is 4.24. The minimum Gasteiger partial charge on any atom is -0.357 e. The van der Waals surface area contributed by atoms with Gasteiger partial charge in [-0.3, -0.25) is 0 Å². The summed E-state index contributed by atoms with van der Waals surface area (Å²) in [5.41, 5.74) is 0. The van der Waals surface area contributed by atoms with Gasteiger partial charge in [-0.15, -0.1) is 0 Å². The van der Waals surface area contributed by atoms with E-state index in [0.29, 0.717) is 17.9 Å². The van der Waals surface area contributed by atoms with Gasteiger partial charge in [0.25, 0.3) is 0 Å². The molecule has 2 rings (SSSR count). The molecule has 0 aromatic carbocycles. The van der Waals surface area contributed by atoms with Gasteiger partial charge in [0.1, 0.15) is 6.33 Å². The maximum Gasteiger partial charge on any atom is 0.227 e. The molecule has 1 fully saturated rings. The molecule has 0 atom stereocenters. The van der Waals surface area contributed by atoms with Crippen molar-refractivity contribution in [2.24, 2.45) is 0 Å². The van der Waals surface area contributed by atoms with Gasteiger partial charge in [-0.1, -0.05) is 19.3 Å². The molecule has 2 N–H and O–H groups in total. The van der Waals surface area contributed by atoms with Crippen LogP contribution in [0.2, 0.25) is 0 Å². The zero-order valence-corrected chi connectivity index (χ0v) is 9.03. The summed E-state index contributed by atoms with van der Waals surface area (Å²) in [6.07, 6.45) is 7.95. The number of nitrogens with one attached hydrogen (secondary N) is 2. The summed E-state index contributed by atoms with van der Waals surface area (Å²) in [4.78, 5) is 12.3. The number of anilines is 2. The Morgan fingerprint density at radius 1 is 1.13 bits per heavy atom. The Balaban J connectivity index is 1.96. The molecule has 1 aromatic heterocycles. The average Bonchev–Trinajstić information content (AvgIpc) is 2.31. The van der Waals surface area contributed by atoms with Crippen LogP contribution in [-0.2, 0) is 0 Å². The fourth-order valence-corrected chi connectivity index (χ4v) is 1.92. The Morgan fingerprint density at radius 2 is 1.87 bits per heavy atom. The Hall–Kier alpha value is -1.39. The van der Waals surface area contributed by atoms with Crippen molar-refractivity contribution < 1.29 is 0 Å². The normalized spacial score (nSPS) is 17.4. The fourth-order valence-electron chi connectivity index (χ4n) is 1.92. The van der Waals surface area contributed by atoms with Crippen LogP contribution in [0.5, 0.6) is 0 Å². The third-order valence-corrected chi connectivity index (χ3v) is 2.73. The zero-order chi connectivity index (χ0) is 10.5. The van der Waals surface area contributed by atoms with Crippen LogP contribution in [0.1, 0.15) is 32.1 Å². The Morgan fingerprint density at radius 3 is 2.60 bits per heavy atom. The van der Waals surface area contributed by atoms with E-state index < -0.39 is 0 Å². The second-order valence-electron chi connectivity index (χ2n) is 3.86. The van der Waals surface area contributed by atoms with Gasteiger partial charge in [-0.25, -0.2) is 9.97 Å². The molecule has 0 unspecified atom stereocenters. The van der Waals surface area contributed by atoms with Crippen molar-refractivity contribution in [3.63, 3.8) is 0 Å². The van der Waals surface area contributed by atoms with Gasteiger partial charge in [0.2, 0.25) is 11.9 Å². The minimum atomic E-state index is 0.533. The van der Waals surface area contributed by atoms with Gasteiger partial charge in [0, 0.05) is 13.1 Å². The minimum absolute atomic E-state index is 0.533. The maximum atomic E-state index is 4.24. The molecule has 1 heterocycles. The Bertz CT molecular complexity index is 308. The molecule has 0 bridgehead atoms. The van der Waals surface area contributed by atoms with Crippen LogP contribution in [0.25, 0.3) is 0 Å². The number of hydrogen-bond acceptors (Lipinski definition) is 5. The van der Waals surface area contributed by atoms with Gasteiger partial charge < -0.3 is 10.6 Å². The molecule has 1 saturated carbocycles. The van der Waals surface area contributed by atoms with Gasteiger partial charge in [-0.05, 0) is 12.8 Å². The molecule has 5 heteroatoms. The van der Waals surface area contributed by atoms with Crippen LogP contribution in [-0.4, -0.2) is 28.0 Å². The third kappa shape index (κ3) is 2.78. The lowest BCUT2D eigenvalue weighted by atomic mass is 9.96. The zero-order valence-electron chi connectivity index (χ0n) is 9.03. The van der Waals surface area contributed by atoms with E-state index in [1.807, 2.05) is 0 Å². The molecule has 0 aliphatic heterocycles. The summed E-state index contributed by atoms with van der Waals surface area (Å²) in [5, 5.41) is 6.26. The van der Waals surface area contributed by atoms with Crippen LogP contribution in [0, 0.1) is 0 Å². The summed E-state index contributed by atoms with van der Waals surface area (Å²) in [5.74, 6) is 1.30. The molecule has 1 aliphatic carbocycles. The highest BCUT2D eigenvalue weighted by Crippen LogP contribution is 2.20. The van der Waals surface area contributed by atoms with E-state index >= 15 is 0 Å². The molecular weight excluding hydrogens is 190 g/mol. The Labute approximate surface area is 89.7 Å². The van der Waals surface area contributed by atoms with E-state index in [2.05, 4.69) is 25.6 Å². The predicted octanol–water partition coefficient (Wildman–Crippen LogP) is 1.66. The predicted molar refractivity (Wildman–Crippen MR) is 59.9 cm³/mol. The quantitative estimate of drug-likeness (QED) is 0.789. The molecule has 5 nitrogen and oxygen atoms in total. The summed E-state index contributed by atoms with van der Waals surface area (Å²) < 4.78 is 0. The Kier molecular flexibility index (Phi) is 3.32. The van der Waals surface area contributed by atoms with E-state index in [4.69, 9.17) is 0 Å². The number of hydrogen-bond donors (Lipinski definition) is 2. The van der Waals surface area contributed by atoms with Crippen molar-refractivity contribution in [2.45, 2.75) is 38.1 Å². The topological polar surface area (TPSA) is 62.7 Å². The second-order valence-corrected chi connectivity index (χ2v) is 3.86. The third-order valence-electron chi connectivity index (χ3n) is 2.73. The van der Waals surface area contributed by atoms with Crippen molar-refractivity contribution in [3.8, 4) is 0 Å². The van der Waals surface area contributed by atoms with Gasteiger partial charge >= 0.3 is 0 Å². The first kappa shape index (κ1) is 10.1. The second kappa shape index (κ2) is 4.91. The van der Waals surface area contributed by atoms with E-state index in [1.165, 1.54) is 38.4 Å². The first-order valence-corrected chi connectivity index (χ1v) is 5.52. The van der Waals surface area contributed by atoms with Gasteiger partial charge in [0.15, 0.2) is 0 Å². The van der Waals surface area contributed by atoms with Gasteiger partial charge in [-0.2, -0.15) is 4.98 Å². The first-order valence-electron chi connectivity index (χ1n) is 5.52. The molecule has 1 aliphatic rings. The molecular formula is C10H17N5. The lowest BCUT2D eigenvalue weighted by Gasteiger charge is -2.22. The molecule has 82 valence electrons. The summed E-state index contributed by atoms with van der Waals surface area (Å²) >= 11 is 0. The lowest BCUT2D eigenvalue weighted by Crippen LogP contribution is -2.23. The smallest absolute Gasteiger partial charge is 0.227 e. The monoisotopic (exact) mass is 207 g/mol. The molecule has 0 radical (unpaired) electrons. The van der Waals surface area contributed by atoms with Crippen molar-refractivity contribution >= 4 is 11.9 Å². The summed E-state index contributed by atoms with van der Waals surface area (Å²) in [6.45, 7) is 0. The standard InChI is InChI=1S/C10H17N5/c1-11-9-12-7-13-10(15-9)14-8-5-3-2-4-6-8/h7-8H,2-6H2,1H3,(H2,11,12,13,14,15). The van der Waals surface area contributed by atoms with Crippen LogP contribution >= 0.6 is 0 Å². The number of aromatic nitrogens is 3. The van der Waals surface area contributed by atoms with Crippen LogP contribution in [0.15, 0.2) is 6.33 Å². The average molecular weight is 207 g/mol. The largest absolute Gasteiger partial charge is 0.357 e. The van der Waals surface area contributed by atoms with Crippen molar-refractivity contribution in [2.75, 3.05) is 17.7 Å². The van der Waals surface area contributed by atoms with E-state index in [9.17, 15) is 0 Å². The molecule has 0 saturated heterocycles. The molecule has 15 heavy (non-hydrogen) atoms. The van der Waals surface area contributed by atoms with Crippen LogP contribution in [0.3, 0.4) is 0 Å². The highest BCUT2D eigenvalue weighted by Gasteiger charge is 2.13. The SMILES string of the molecule is CNc1ncnc(NC2CCCCC2)n1. The first-order chi connectivity index (χ1) is 7.38. The van der Waals surface area contributed by atoms with Crippen LogP contribution in [0.4, 0.5) is 11.9 Å². The van der Waals surface area contributed by atoms with E-state index in [-0.39, 0.29) is 0 Å². The van der Waals surface area contributed by atoms with Crippen molar-refractivity contribution in [1.82, 2.24) is 15.0 Å². The van der Waals surface area contributed by atoms with E-state index in [0.717, 1.165) is 0 Å². The summed E-state index contributed by atoms with van der Waals surface area (Å²) in [7, 11) is 1.81. The lowest BCUT2D eigenvalue weighted by molar-refractivity contribution is 0.460. The molecule has 0 spiro atoms. The van der Waals surface area contributed by atoms with Gasteiger partial charge in [0.05, 0.1) is 0 Å². The van der Waals surface area contributed by atoms with Crippen LogP contribution < -0.4 is 10.6 Å². The number of nitrogens with zero attached hydrogens (tertiary/aromatic N) is 3.